The van der Waals surface area contributed by atoms with E-state index in [-0.39, 0.29) is 12.5 Å². The number of carbonyl (C=O) groups is 1. The van der Waals surface area contributed by atoms with Gasteiger partial charge in [-0.15, -0.1) is 0 Å². The van der Waals surface area contributed by atoms with Crippen LogP contribution in [-0.2, 0) is 9.53 Å². The summed E-state index contributed by atoms with van der Waals surface area (Å²) in [5.74, 6) is -0.0580. The monoisotopic (exact) mass is 245 g/mol. The lowest BCUT2D eigenvalue weighted by Gasteiger charge is -2.27. The highest BCUT2D eigenvalue weighted by Crippen LogP contribution is 2.26. The van der Waals surface area contributed by atoms with Crippen LogP contribution in [0.5, 0.6) is 0 Å². The van der Waals surface area contributed by atoms with Gasteiger partial charge in [-0.25, -0.2) is 0 Å². The van der Waals surface area contributed by atoms with Gasteiger partial charge in [-0.1, -0.05) is 0 Å². The molecule has 1 unspecified atom stereocenters. The lowest BCUT2D eigenvalue weighted by molar-refractivity contribution is -0.146. The molecule has 0 radical (unpaired) electrons. The van der Waals surface area contributed by atoms with Crippen molar-refractivity contribution in [3.8, 4) is 0 Å². The molecule has 0 bridgehead atoms. The first kappa shape index (κ1) is 12.8. The van der Waals surface area contributed by atoms with E-state index in [1.807, 2.05) is 0 Å². The average Bonchev–Trinajstić information content (AvgIpc) is 2.59. The number of aliphatic hydroxyl groups excluding tert-OH is 3. The highest BCUT2D eigenvalue weighted by Gasteiger charge is 2.39. The van der Waals surface area contributed by atoms with Crippen LogP contribution < -0.4 is 0 Å². The van der Waals surface area contributed by atoms with Gasteiger partial charge < -0.3 is 25.0 Å². The molecule has 3 N–H and O–H groups in total. The molecule has 1 amide bonds. The van der Waals surface area contributed by atoms with Crippen molar-refractivity contribution in [1.82, 2.24) is 4.90 Å². The lowest BCUT2D eigenvalue weighted by atomic mass is 10.2. The van der Waals surface area contributed by atoms with Crippen molar-refractivity contribution in [2.45, 2.75) is 50.2 Å². The molecule has 2 heterocycles. The van der Waals surface area contributed by atoms with E-state index in [1.54, 1.807) is 4.90 Å². The number of aliphatic hydroxyl groups is 3. The molecule has 0 aliphatic carbocycles. The molecule has 0 saturated carbocycles. The minimum atomic E-state index is -0.731. The standard InChI is InChI=1S/C11H19NO5/c13-6-9-8(15)5-11(17-9)12-4-3-7(14)1-2-10(12)16/h7-9,11,13-15H,1-6H2/t7-,8?,9+,11+/m0/s1. The fraction of sp³-hybridized carbons (Fsp3) is 0.909. The third-order valence-electron chi connectivity index (χ3n) is 3.45. The van der Waals surface area contributed by atoms with Gasteiger partial charge in [0.25, 0.3) is 0 Å². The molecule has 2 aliphatic rings. The molecule has 0 aromatic rings. The number of ether oxygens (including phenoxy) is 1. The minimum absolute atomic E-state index is 0.0580. The molecule has 6 heteroatoms. The van der Waals surface area contributed by atoms with Crippen molar-refractivity contribution in [3.05, 3.63) is 0 Å². The van der Waals surface area contributed by atoms with Crippen LogP contribution in [-0.4, -0.2) is 63.8 Å². The third-order valence-corrected chi connectivity index (χ3v) is 3.45. The van der Waals surface area contributed by atoms with E-state index in [0.717, 1.165) is 0 Å². The quantitative estimate of drug-likeness (QED) is 0.570. The Labute approximate surface area is 99.8 Å². The molecule has 0 aromatic carbocycles. The Bertz CT molecular complexity index is 285. The van der Waals surface area contributed by atoms with Crippen LogP contribution in [0.25, 0.3) is 0 Å². The van der Waals surface area contributed by atoms with Gasteiger partial charge in [0.15, 0.2) is 0 Å². The molecule has 0 spiro atoms. The van der Waals surface area contributed by atoms with Gasteiger partial charge in [0.2, 0.25) is 5.91 Å². The second-order valence-corrected chi connectivity index (χ2v) is 4.68. The highest BCUT2D eigenvalue weighted by molar-refractivity contribution is 5.76. The Balaban J connectivity index is 1.99. The molecule has 98 valence electrons. The van der Waals surface area contributed by atoms with E-state index in [9.17, 15) is 15.0 Å². The van der Waals surface area contributed by atoms with Crippen molar-refractivity contribution < 1.29 is 24.9 Å². The van der Waals surface area contributed by atoms with Gasteiger partial charge in [0.1, 0.15) is 12.3 Å². The smallest absolute Gasteiger partial charge is 0.224 e. The van der Waals surface area contributed by atoms with Crippen molar-refractivity contribution in [2.75, 3.05) is 13.2 Å². The predicted octanol–water partition coefficient (Wildman–Crippen LogP) is -1.17. The fourth-order valence-corrected chi connectivity index (χ4v) is 2.37. The number of hydrogen-bond acceptors (Lipinski definition) is 5. The highest BCUT2D eigenvalue weighted by atomic mass is 16.5. The van der Waals surface area contributed by atoms with Crippen LogP contribution in [0.4, 0.5) is 0 Å². The van der Waals surface area contributed by atoms with Gasteiger partial charge in [-0.05, 0) is 12.8 Å². The van der Waals surface area contributed by atoms with E-state index in [4.69, 9.17) is 9.84 Å². The maximum atomic E-state index is 11.8. The first-order valence-electron chi connectivity index (χ1n) is 6.03. The van der Waals surface area contributed by atoms with Crippen LogP contribution >= 0.6 is 0 Å². The lowest BCUT2D eigenvalue weighted by Crippen LogP contribution is -2.40. The fourth-order valence-electron chi connectivity index (χ4n) is 2.37. The average molecular weight is 245 g/mol. The molecule has 2 rings (SSSR count). The normalized spacial score (nSPS) is 39.5. The minimum Gasteiger partial charge on any atom is -0.394 e. The summed E-state index contributed by atoms with van der Waals surface area (Å²) in [5, 5.41) is 28.1. The van der Waals surface area contributed by atoms with E-state index < -0.39 is 24.5 Å². The van der Waals surface area contributed by atoms with Crippen LogP contribution in [0.15, 0.2) is 0 Å². The molecular weight excluding hydrogens is 226 g/mol. The molecule has 6 nitrogen and oxygen atoms in total. The summed E-state index contributed by atoms with van der Waals surface area (Å²) < 4.78 is 5.45. The maximum absolute atomic E-state index is 11.8. The largest absolute Gasteiger partial charge is 0.394 e. The van der Waals surface area contributed by atoms with Crippen molar-refractivity contribution in [2.24, 2.45) is 0 Å². The molecule has 4 atom stereocenters. The van der Waals surface area contributed by atoms with E-state index in [0.29, 0.717) is 32.2 Å². The van der Waals surface area contributed by atoms with E-state index in [1.165, 1.54) is 0 Å². The topological polar surface area (TPSA) is 90.2 Å². The zero-order chi connectivity index (χ0) is 12.4. The maximum Gasteiger partial charge on any atom is 0.224 e. The van der Waals surface area contributed by atoms with Gasteiger partial charge in [-0.2, -0.15) is 0 Å². The zero-order valence-corrected chi connectivity index (χ0v) is 9.66. The van der Waals surface area contributed by atoms with Gasteiger partial charge in [-0.3, -0.25) is 4.79 Å². The summed E-state index contributed by atoms with van der Waals surface area (Å²) in [4.78, 5) is 13.4. The molecule has 0 aromatic heterocycles. The van der Waals surface area contributed by atoms with Crippen LogP contribution in [0.3, 0.4) is 0 Å². The van der Waals surface area contributed by atoms with Gasteiger partial charge >= 0.3 is 0 Å². The molecule has 2 aliphatic heterocycles. The first-order valence-corrected chi connectivity index (χ1v) is 6.03. The zero-order valence-electron chi connectivity index (χ0n) is 9.66. The number of nitrogens with zero attached hydrogens (tertiary/aromatic N) is 1. The van der Waals surface area contributed by atoms with Gasteiger partial charge in [0, 0.05) is 19.4 Å². The third kappa shape index (κ3) is 2.77. The van der Waals surface area contributed by atoms with E-state index >= 15 is 0 Å². The van der Waals surface area contributed by atoms with Crippen molar-refractivity contribution >= 4 is 5.91 Å². The Morgan fingerprint density at radius 3 is 2.76 bits per heavy atom. The SMILES string of the molecule is O=C1CC[C@H](O)CCN1[C@H]1CC(O)[C@@H](CO)O1. The summed E-state index contributed by atoms with van der Waals surface area (Å²) in [6.07, 6.45) is -0.608. The number of amides is 1. The van der Waals surface area contributed by atoms with Crippen molar-refractivity contribution in [1.29, 1.82) is 0 Å². The van der Waals surface area contributed by atoms with Crippen LogP contribution in [0, 0.1) is 0 Å². The Morgan fingerprint density at radius 1 is 1.35 bits per heavy atom. The Hall–Kier alpha value is -0.690. The Morgan fingerprint density at radius 2 is 2.12 bits per heavy atom. The summed E-state index contributed by atoms with van der Waals surface area (Å²) in [6.45, 7) is 0.192. The molecule has 17 heavy (non-hydrogen) atoms. The second kappa shape index (κ2) is 5.30. The summed E-state index contributed by atoms with van der Waals surface area (Å²) in [6, 6.07) is 0. The number of carbonyl (C=O) groups excluding carboxylic acids is 1. The second-order valence-electron chi connectivity index (χ2n) is 4.68. The van der Waals surface area contributed by atoms with E-state index in [2.05, 4.69) is 0 Å². The molecular formula is C11H19NO5. The van der Waals surface area contributed by atoms with Crippen LogP contribution in [0.1, 0.15) is 25.7 Å². The van der Waals surface area contributed by atoms with Gasteiger partial charge in [0.05, 0.1) is 18.8 Å². The number of rotatable bonds is 2. The van der Waals surface area contributed by atoms with Crippen molar-refractivity contribution in [3.63, 3.8) is 0 Å². The molecule has 2 fully saturated rings. The predicted molar refractivity (Wildman–Crippen MR) is 57.9 cm³/mol. The Kier molecular flexibility index (Phi) is 3.98. The molecule has 2 saturated heterocycles. The summed E-state index contributed by atoms with van der Waals surface area (Å²) in [7, 11) is 0. The first-order chi connectivity index (χ1) is 8.11. The summed E-state index contributed by atoms with van der Waals surface area (Å²) >= 11 is 0. The summed E-state index contributed by atoms with van der Waals surface area (Å²) in [5.41, 5.74) is 0. The number of likely N-dealkylation sites (tertiary alicyclic amines) is 1. The van der Waals surface area contributed by atoms with Crippen LogP contribution in [0.2, 0.25) is 0 Å². The number of hydrogen-bond donors (Lipinski definition) is 3.